The molecule has 0 unspecified atom stereocenters. The Hall–Kier alpha value is -3.29. The van der Waals surface area contributed by atoms with Gasteiger partial charge in [-0.05, 0) is 59.8 Å². The Labute approximate surface area is 186 Å². The fourth-order valence-electron chi connectivity index (χ4n) is 2.98. The Morgan fingerprint density at radius 1 is 1.13 bits per heavy atom. The van der Waals surface area contributed by atoms with Crippen molar-refractivity contribution >= 4 is 28.9 Å². The number of methoxy groups -OCH3 is 2. The third-order valence-electron chi connectivity index (χ3n) is 4.62. The first-order valence-corrected chi connectivity index (χ1v) is 10.8. The highest BCUT2D eigenvalue weighted by Gasteiger charge is 2.09. The van der Waals surface area contributed by atoms with Crippen molar-refractivity contribution in [3.63, 3.8) is 0 Å². The Morgan fingerprint density at radius 3 is 2.45 bits per heavy atom. The number of hydrogen-bond donors (Lipinski definition) is 3. The number of amidine groups is 1. The number of phenolic OH excluding ortho intramolecular Hbond substituents is 1. The number of hydrogen-bond acceptors (Lipinski definition) is 6. The first kappa shape index (κ1) is 22.4. The van der Waals surface area contributed by atoms with Crippen LogP contribution in [-0.4, -0.2) is 38.3 Å². The number of nitrogens with two attached hydrogens (primary N) is 1. The third kappa shape index (κ3) is 6.34. The van der Waals surface area contributed by atoms with E-state index in [0.717, 1.165) is 35.6 Å². The zero-order valence-electron chi connectivity index (χ0n) is 17.7. The van der Waals surface area contributed by atoms with Gasteiger partial charge in [-0.25, -0.2) is 4.99 Å². The van der Waals surface area contributed by atoms with Gasteiger partial charge >= 0.3 is 0 Å². The lowest BCUT2D eigenvalue weighted by Gasteiger charge is -2.09. The van der Waals surface area contributed by atoms with E-state index in [0.29, 0.717) is 17.3 Å². The minimum absolute atomic E-state index is 0.00573. The van der Waals surface area contributed by atoms with Gasteiger partial charge in [-0.2, -0.15) is 0 Å². The van der Waals surface area contributed by atoms with Crippen molar-refractivity contribution < 1.29 is 14.6 Å². The second kappa shape index (κ2) is 11.2. The summed E-state index contributed by atoms with van der Waals surface area (Å²) >= 11 is 1.58. The van der Waals surface area contributed by atoms with Gasteiger partial charge in [0.1, 0.15) is 5.84 Å². The number of aromatic hydroxyl groups is 1. The highest BCUT2D eigenvalue weighted by Crippen LogP contribution is 2.37. The molecule has 0 saturated heterocycles. The van der Waals surface area contributed by atoms with Gasteiger partial charge < -0.3 is 25.6 Å². The van der Waals surface area contributed by atoms with E-state index in [2.05, 4.69) is 22.4 Å². The minimum atomic E-state index is 0.00573. The lowest BCUT2D eigenvalue weighted by atomic mass is 10.1. The van der Waals surface area contributed by atoms with Crippen LogP contribution in [0.1, 0.15) is 16.0 Å². The SMILES string of the molecule is COc1cc(C=CCNCCc2ccc(N=C(N)c3cccs3)cc2)cc(OC)c1O. The third-order valence-corrected chi connectivity index (χ3v) is 5.52. The topological polar surface area (TPSA) is 89.1 Å². The van der Waals surface area contributed by atoms with Gasteiger partial charge in [-0.1, -0.05) is 30.4 Å². The van der Waals surface area contributed by atoms with E-state index >= 15 is 0 Å². The summed E-state index contributed by atoms with van der Waals surface area (Å²) in [7, 11) is 3.03. The standard InChI is InChI=1S/C24H27N3O3S/c1-29-20-15-18(16-21(30-2)23(20)28)5-3-12-26-13-11-17-7-9-19(10-8-17)27-24(25)22-6-4-14-31-22/h3-10,14-16,26,28H,11-13H2,1-2H3,(H2,25,27). The summed E-state index contributed by atoms with van der Waals surface area (Å²) in [5.74, 6) is 1.32. The van der Waals surface area contributed by atoms with Gasteiger partial charge in [-0.3, -0.25) is 0 Å². The molecule has 0 fully saturated rings. The molecule has 162 valence electrons. The molecule has 0 radical (unpaired) electrons. The van der Waals surface area contributed by atoms with E-state index in [-0.39, 0.29) is 5.75 Å². The predicted octanol–water partition coefficient (Wildman–Crippen LogP) is 4.35. The lowest BCUT2D eigenvalue weighted by molar-refractivity contribution is 0.340. The maximum atomic E-state index is 9.97. The molecule has 0 bridgehead atoms. The summed E-state index contributed by atoms with van der Waals surface area (Å²) in [6.45, 7) is 1.58. The average molecular weight is 438 g/mol. The Balaban J connectivity index is 1.45. The lowest BCUT2D eigenvalue weighted by Crippen LogP contribution is -2.16. The highest BCUT2D eigenvalue weighted by atomic mass is 32.1. The molecule has 1 aromatic heterocycles. The first-order valence-electron chi connectivity index (χ1n) is 9.90. The molecule has 31 heavy (non-hydrogen) atoms. The molecule has 0 saturated carbocycles. The predicted molar refractivity (Wildman–Crippen MR) is 128 cm³/mol. The Bertz CT molecular complexity index is 1000. The van der Waals surface area contributed by atoms with Crippen LogP contribution in [0, 0.1) is 0 Å². The zero-order valence-corrected chi connectivity index (χ0v) is 18.5. The zero-order chi connectivity index (χ0) is 22.1. The minimum Gasteiger partial charge on any atom is -0.502 e. The molecule has 0 atom stereocenters. The van der Waals surface area contributed by atoms with Crippen molar-refractivity contribution in [2.45, 2.75) is 6.42 Å². The van der Waals surface area contributed by atoms with Crippen LogP contribution in [0.2, 0.25) is 0 Å². The monoisotopic (exact) mass is 437 g/mol. The van der Waals surface area contributed by atoms with Crippen molar-refractivity contribution in [1.29, 1.82) is 0 Å². The van der Waals surface area contributed by atoms with E-state index in [1.54, 1.807) is 23.5 Å². The molecule has 2 aromatic carbocycles. The van der Waals surface area contributed by atoms with Crippen LogP contribution in [-0.2, 0) is 6.42 Å². The van der Waals surface area contributed by atoms with Crippen LogP contribution >= 0.6 is 11.3 Å². The van der Waals surface area contributed by atoms with E-state index in [1.807, 2.05) is 41.8 Å². The van der Waals surface area contributed by atoms with E-state index < -0.39 is 0 Å². The Kier molecular flexibility index (Phi) is 8.09. The van der Waals surface area contributed by atoms with Crippen LogP contribution in [0.5, 0.6) is 17.2 Å². The summed E-state index contributed by atoms with van der Waals surface area (Å²) in [6, 6.07) is 15.6. The van der Waals surface area contributed by atoms with Crippen LogP contribution in [0.15, 0.2) is 65.0 Å². The van der Waals surface area contributed by atoms with Crippen LogP contribution in [0.3, 0.4) is 0 Å². The summed E-state index contributed by atoms with van der Waals surface area (Å²) < 4.78 is 10.4. The van der Waals surface area contributed by atoms with E-state index in [1.165, 1.54) is 19.8 Å². The second-order valence-electron chi connectivity index (χ2n) is 6.77. The fourth-order valence-corrected chi connectivity index (χ4v) is 3.61. The maximum Gasteiger partial charge on any atom is 0.200 e. The molecule has 0 spiro atoms. The van der Waals surface area contributed by atoms with E-state index in [4.69, 9.17) is 15.2 Å². The highest BCUT2D eigenvalue weighted by molar-refractivity contribution is 7.12. The number of thiophene rings is 1. The van der Waals surface area contributed by atoms with Gasteiger partial charge in [0, 0.05) is 6.54 Å². The van der Waals surface area contributed by atoms with Crippen molar-refractivity contribution in [3.05, 3.63) is 76.0 Å². The normalized spacial score (nSPS) is 11.7. The summed E-state index contributed by atoms with van der Waals surface area (Å²) in [5, 5.41) is 15.3. The molecular formula is C24H27N3O3S. The fraction of sp³-hybridized carbons (Fsp3) is 0.208. The number of ether oxygens (including phenoxy) is 2. The number of phenols is 1. The quantitative estimate of drug-likeness (QED) is 0.249. The number of aliphatic imine (C=N–C) groups is 1. The molecule has 1 heterocycles. The van der Waals surface area contributed by atoms with Crippen molar-refractivity contribution in [1.82, 2.24) is 5.32 Å². The van der Waals surface area contributed by atoms with Crippen LogP contribution in [0.4, 0.5) is 5.69 Å². The number of benzene rings is 2. The van der Waals surface area contributed by atoms with Crippen molar-refractivity contribution in [2.24, 2.45) is 10.7 Å². The van der Waals surface area contributed by atoms with Crippen LogP contribution < -0.4 is 20.5 Å². The molecule has 4 N–H and O–H groups in total. The number of nitrogens with one attached hydrogen (secondary N) is 1. The number of nitrogens with zero attached hydrogens (tertiary/aromatic N) is 1. The molecule has 0 aliphatic rings. The van der Waals surface area contributed by atoms with Gasteiger partial charge in [-0.15, -0.1) is 11.3 Å². The Morgan fingerprint density at radius 2 is 1.84 bits per heavy atom. The van der Waals surface area contributed by atoms with Crippen LogP contribution in [0.25, 0.3) is 6.08 Å². The molecule has 0 amide bonds. The van der Waals surface area contributed by atoms with Gasteiger partial charge in [0.15, 0.2) is 11.5 Å². The van der Waals surface area contributed by atoms with Crippen molar-refractivity contribution in [2.75, 3.05) is 27.3 Å². The molecular weight excluding hydrogens is 410 g/mol. The smallest absolute Gasteiger partial charge is 0.200 e. The largest absolute Gasteiger partial charge is 0.502 e. The average Bonchev–Trinajstić information content (AvgIpc) is 3.33. The summed E-state index contributed by atoms with van der Waals surface area (Å²) in [5.41, 5.74) is 9.02. The van der Waals surface area contributed by atoms with Crippen molar-refractivity contribution in [3.8, 4) is 17.2 Å². The molecule has 0 aliphatic carbocycles. The molecule has 6 nitrogen and oxygen atoms in total. The molecule has 7 heteroatoms. The summed E-state index contributed by atoms with van der Waals surface area (Å²) in [4.78, 5) is 5.45. The van der Waals surface area contributed by atoms with Gasteiger partial charge in [0.25, 0.3) is 0 Å². The second-order valence-corrected chi connectivity index (χ2v) is 7.72. The maximum absolute atomic E-state index is 9.97. The first-order chi connectivity index (χ1) is 15.1. The molecule has 3 aromatic rings. The van der Waals surface area contributed by atoms with E-state index in [9.17, 15) is 5.11 Å². The van der Waals surface area contributed by atoms with Gasteiger partial charge in [0.05, 0.1) is 24.8 Å². The number of rotatable bonds is 10. The summed E-state index contributed by atoms with van der Waals surface area (Å²) in [6.07, 6.45) is 4.90. The molecule has 3 rings (SSSR count). The van der Waals surface area contributed by atoms with Gasteiger partial charge in [0.2, 0.25) is 5.75 Å². The molecule has 0 aliphatic heterocycles.